The Hall–Kier alpha value is -1.60. The van der Waals surface area contributed by atoms with Gasteiger partial charge in [-0.3, -0.25) is 0 Å². The Balaban J connectivity index is 2.44. The summed E-state index contributed by atoms with van der Waals surface area (Å²) in [6.45, 7) is 3.73. The van der Waals surface area contributed by atoms with Crippen molar-refractivity contribution in [3.8, 4) is 0 Å². The number of rotatable bonds is 2. The molecule has 2 rings (SSSR count). The van der Waals surface area contributed by atoms with Crippen LogP contribution in [0.25, 0.3) is 16.8 Å². The second-order valence-electron chi connectivity index (χ2n) is 4.17. The highest BCUT2D eigenvalue weighted by molar-refractivity contribution is 5.84. The van der Waals surface area contributed by atoms with Crippen LogP contribution in [-0.2, 0) is 0 Å². The van der Waals surface area contributed by atoms with E-state index in [0.717, 1.165) is 11.1 Å². The van der Waals surface area contributed by atoms with Gasteiger partial charge in [0.2, 0.25) is 0 Å². The van der Waals surface area contributed by atoms with Gasteiger partial charge in [-0.2, -0.15) is 0 Å². The third-order valence-corrected chi connectivity index (χ3v) is 2.83. The van der Waals surface area contributed by atoms with Crippen molar-refractivity contribution >= 4 is 16.8 Å². The van der Waals surface area contributed by atoms with E-state index in [-0.39, 0.29) is 6.10 Å². The fraction of sp³-hybridized carbons (Fsp3) is 0.200. The van der Waals surface area contributed by atoms with Crippen LogP contribution in [0.3, 0.4) is 0 Å². The molecule has 0 aliphatic rings. The second kappa shape index (κ2) is 4.50. The molecule has 0 amide bonds. The lowest BCUT2D eigenvalue weighted by Gasteiger charge is -2.05. The number of fused-ring (bicyclic) bond motifs is 1. The number of benzene rings is 2. The fourth-order valence-corrected chi connectivity index (χ4v) is 1.68. The quantitative estimate of drug-likeness (QED) is 0.806. The molecule has 0 heterocycles. The molecule has 0 fully saturated rings. The second-order valence-corrected chi connectivity index (χ2v) is 4.17. The number of aliphatic hydroxyl groups is 1. The average molecular weight is 212 g/mol. The molecule has 82 valence electrons. The maximum Gasteiger partial charge on any atom is 0.0722 e. The molecule has 16 heavy (non-hydrogen) atoms. The third-order valence-electron chi connectivity index (χ3n) is 2.83. The van der Waals surface area contributed by atoms with Crippen molar-refractivity contribution < 1.29 is 5.11 Å². The molecule has 0 saturated heterocycles. The van der Waals surface area contributed by atoms with Crippen molar-refractivity contribution in [3.05, 3.63) is 53.6 Å². The molecule has 0 aliphatic heterocycles. The summed E-state index contributed by atoms with van der Waals surface area (Å²) in [5.41, 5.74) is 2.12. The van der Waals surface area contributed by atoms with E-state index in [2.05, 4.69) is 30.3 Å². The summed E-state index contributed by atoms with van der Waals surface area (Å²) in [4.78, 5) is 0. The van der Waals surface area contributed by atoms with E-state index in [1.807, 2.05) is 25.1 Å². The first-order valence-corrected chi connectivity index (χ1v) is 5.52. The van der Waals surface area contributed by atoms with Crippen molar-refractivity contribution in [2.45, 2.75) is 20.0 Å². The normalized spacial score (nSPS) is 14.1. The van der Waals surface area contributed by atoms with Gasteiger partial charge < -0.3 is 5.11 Å². The average Bonchev–Trinajstić information content (AvgIpc) is 2.28. The highest BCUT2D eigenvalue weighted by atomic mass is 16.3. The Morgan fingerprint density at radius 1 is 1.12 bits per heavy atom. The third kappa shape index (κ3) is 2.31. The lowest BCUT2D eigenvalue weighted by atomic mass is 10.0. The number of hydrogen-bond donors (Lipinski definition) is 1. The minimum Gasteiger partial charge on any atom is -0.389 e. The smallest absolute Gasteiger partial charge is 0.0722 e. The van der Waals surface area contributed by atoms with Gasteiger partial charge in [0.25, 0.3) is 0 Å². The Labute approximate surface area is 96.0 Å². The summed E-state index contributed by atoms with van der Waals surface area (Å²) in [5, 5.41) is 11.9. The summed E-state index contributed by atoms with van der Waals surface area (Å²) >= 11 is 0. The lowest BCUT2D eigenvalue weighted by molar-refractivity contribution is 0.232. The zero-order chi connectivity index (χ0) is 11.5. The maximum atomic E-state index is 9.43. The van der Waals surface area contributed by atoms with Crippen molar-refractivity contribution in [2.75, 3.05) is 0 Å². The lowest BCUT2D eigenvalue weighted by Crippen LogP contribution is -2.00. The van der Waals surface area contributed by atoms with Gasteiger partial charge in [0.15, 0.2) is 0 Å². The van der Waals surface area contributed by atoms with Gasteiger partial charge in [-0.1, -0.05) is 42.5 Å². The zero-order valence-electron chi connectivity index (χ0n) is 9.64. The predicted molar refractivity (Wildman–Crippen MR) is 69.3 cm³/mol. The molecule has 1 N–H and O–H groups in total. The van der Waals surface area contributed by atoms with Crippen molar-refractivity contribution in [1.82, 2.24) is 0 Å². The fourth-order valence-electron chi connectivity index (χ4n) is 1.68. The molecule has 1 atom stereocenters. The largest absolute Gasteiger partial charge is 0.389 e. The Bertz CT molecular complexity index is 524. The SMILES string of the molecule is C/C(=C\c1ccc2ccccc2c1)C(C)O. The predicted octanol–water partition coefficient (Wildman–Crippen LogP) is 3.62. The van der Waals surface area contributed by atoms with Crippen molar-refractivity contribution in [3.63, 3.8) is 0 Å². The van der Waals surface area contributed by atoms with Crippen LogP contribution in [0, 0.1) is 0 Å². The van der Waals surface area contributed by atoms with Crippen LogP contribution in [0.2, 0.25) is 0 Å². The summed E-state index contributed by atoms with van der Waals surface area (Å²) in [6.07, 6.45) is 1.64. The Kier molecular flexibility index (Phi) is 3.07. The molecule has 2 aromatic rings. The van der Waals surface area contributed by atoms with Crippen LogP contribution in [-0.4, -0.2) is 11.2 Å². The highest BCUT2D eigenvalue weighted by Crippen LogP contribution is 2.18. The molecule has 0 aliphatic carbocycles. The van der Waals surface area contributed by atoms with Crippen LogP contribution in [0.1, 0.15) is 19.4 Å². The molecule has 1 unspecified atom stereocenters. The van der Waals surface area contributed by atoms with Gasteiger partial charge >= 0.3 is 0 Å². The van der Waals surface area contributed by atoms with Gasteiger partial charge in [-0.15, -0.1) is 0 Å². The van der Waals surface area contributed by atoms with Gasteiger partial charge in [-0.05, 0) is 41.8 Å². The zero-order valence-corrected chi connectivity index (χ0v) is 9.64. The summed E-state index contributed by atoms with van der Waals surface area (Å²) in [6, 6.07) is 14.6. The van der Waals surface area contributed by atoms with Crippen LogP contribution >= 0.6 is 0 Å². The summed E-state index contributed by atoms with van der Waals surface area (Å²) in [5.74, 6) is 0. The van der Waals surface area contributed by atoms with Gasteiger partial charge in [0, 0.05) is 0 Å². The van der Waals surface area contributed by atoms with Crippen molar-refractivity contribution in [2.24, 2.45) is 0 Å². The van der Waals surface area contributed by atoms with E-state index in [4.69, 9.17) is 0 Å². The minimum absolute atomic E-state index is 0.383. The van der Waals surface area contributed by atoms with Crippen LogP contribution in [0.4, 0.5) is 0 Å². The monoisotopic (exact) mass is 212 g/mol. The van der Waals surface area contributed by atoms with E-state index >= 15 is 0 Å². The van der Waals surface area contributed by atoms with Gasteiger partial charge in [0.1, 0.15) is 0 Å². The van der Waals surface area contributed by atoms with E-state index in [9.17, 15) is 5.11 Å². The molecule has 0 aromatic heterocycles. The molecule has 1 nitrogen and oxygen atoms in total. The molecule has 0 radical (unpaired) electrons. The van der Waals surface area contributed by atoms with Gasteiger partial charge in [-0.25, -0.2) is 0 Å². The number of aliphatic hydroxyl groups excluding tert-OH is 1. The standard InChI is InChI=1S/C15H16O/c1-11(12(2)16)9-13-7-8-14-5-3-4-6-15(14)10-13/h3-10,12,16H,1-2H3/b11-9+. The molecule has 0 bridgehead atoms. The first-order chi connectivity index (χ1) is 7.66. The number of hydrogen-bond acceptors (Lipinski definition) is 1. The topological polar surface area (TPSA) is 20.2 Å². The minimum atomic E-state index is -0.383. The highest BCUT2D eigenvalue weighted by Gasteiger charge is 1.99. The van der Waals surface area contributed by atoms with Crippen molar-refractivity contribution in [1.29, 1.82) is 0 Å². The van der Waals surface area contributed by atoms with Crippen LogP contribution in [0.5, 0.6) is 0 Å². The molecule has 0 saturated carbocycles. The molecule has 0 spiro atoms. The molecule has 1 heteroatoms. The summed E-state index contributed by atoms with van der Waals surface area (Å²) in [7, 11) is 0. The molecular weight excluding hydrogens is 196 g/mol. The van der Waals surface area contributed by atoms with E-state index in [1.165, 1.54) is 10.8 Å². The molecule has 2 aromatic carbocycles. The maximum absolute atomic E-state index is 9.43. The van der Waals surface area contributed by atoms with Crippen LogP contribution < -0.4 is 0 Å². The van der Waals surface area contributed by atoms with E-state index in [1.54, 1.807) is 6.92 Å². The van der Waals surface area contributed by atoms with Gasteiger partial charge in [0.05, 0.1) is 6.10 Å². The first-order valence-electron chi connectivity index (χ1n) is 5.52. The van der Waals surface area contributed by atoms with E-state index in [0.29, 0.717) is 0 Å². The molecular formula is C15H16O. The van der Waals surface area contributed by atoms with Crippen LogP contribution in [0.15, 0.2) is 48.0 Å². The Morgan fingerprint density at radius 3 is 2.50 bits per heavy atom. The summed E-state index contributed by atoms with van der Waals surface area (Å²) < 4.78 is 0. The first kappa shape index (κ1) is 10.9. The Morgan fingerprint density at radius 2 is 1.81 bits per heavy atom. The van der Waals surface area contributed by atoms with E-state index < -0.39 is 0 Å².